The van der Waals surface area contributed by atoms with Crippen molar-refractivity contribution in [3.8, 4) is 0 Å². The fourth-order valence-electron chi connectivity index (χ4n) is 5.12. The minimum atomic E-state index is -3.84. The normalized spacial score (nSPS) is 14.8. The molecule has 4 rings (SSSR count). The second-order valence-electron chi connectivity index (χ2n) is 10.3. The number of nitrogens with zero attached hydrogens (tertiary/aromatic N) is 2. The van der Waals surface area contributed by atoms with Crippen molar-refractivity contribution in [2.45, 2.75) is 57.2 Å². The van der Waals surface area contributed by atoms with Crippen molar-refractivity contribution < 1.29 is 22.4 Å². The molecule has 1 fully saturated rings. The van der Waals surface area contributed by atoms with E-state index in [4.69, 9.17) is 0 Å². The molecule has 1 N–H and O–H groups in total. The minimum absolute atomic E-state index is 0.00164. The first-order valence-electron chi connectivity index (χ1n) is 13.6. The van der Waals surface area contributed by atoms with Gasteiger partial charge in [0, 0.05) is 24.6 Å². The zero-order valence-electron chi connectivity index (χ0n) is 22.7. The molecule has 7 nitrogen and oxygen atoms in total. The lowest BCUT2D eigenvalue weighted by atomic mass is 9.94. The molecule has 1 aliphatic rings. The minimum Gasteiger partial charge on any atom is -0.352 e. The molecule has 1 aliphatic carbocycles. The highest BCUT2D eigenvalue weighted by Crippen LogP contribution is 2.22. The number of carbonyl (C=O) groups excluding carboxylic acids is 2. The lowest BCUT2D eigenvalue weighted by molar-refractivity contribution is -0.140. The Kier molecular flexibility index (Phi) is 9.93. The van der Waals surface area contributed by atoms with Gasteiger partial charge in [0.15, 0.2) is 0 Å². The summed E-state index contributed by atoms with van der Waals surface area (Å²) in [7, 11) is -3.84. The standard InChI is InChI=1S/C31H36FN3O4S/c1-40(38,39)35(27-18-9-4-10-19-27)23-30(36)34(22-25-15-11-12-20-28(25)32)29(21-24-13-5-2-6-14-24)31(37)33-26-16-7-3-8-17-26/h2,4-6,9-15,18-20,26,29H,3,7-8,16-17,21-23H2,1H3,(H,33,37). The van der Waals surface area contributed by atoms with Gasteiger partial charge in [0.05, 0.1) is 11.9 Å². The van der Waals surface area contributed by atoms with Gasteiger partial charge in [-0.25, -0.2) is 12.8 Å². The highest BCUT2D eigenvalue weighted by atomic mass is 32.2. The highest BCUT2D eigenvalue weighted by Gasteiger charge is 2.34. The van der Waals surface area contributed by atoms with Crippen LogP contribution >= 0.6 is 0 Å². The van der Waals surface area contributed by atoms with Crippen LogP contribution in [0.2, 0.25) is 0 Å². The zero-order chi connectivity index (χ0) is 28.5. The quantitative estimate of drug-likeness (QED) is 0.366. The van der Waals surface area contributed by atoms with Gasteiger partial charge in [-0.2, -0.15) is 0 Å². The van der Waals surface area contributed by atoms with Crippen molar-refractivity contribution in [1.82, 2.24) is 10.2 Å². The zero-order valence-corrected chi connectivity index (χ0v) is 23.5. The fourth-order valence-corrected chi connectivity index (χ4v) is 5.97. The molecule has 1 saturated carbocycles. The van der Waals surface area contributed by atoms with Gasteiger partial charge in [-0.1, -0.05) is 86.0 Å². The molecule has 0 heterocycles. The number of anilines is 1. The van der Waals surface area contributed by atoms with Gasteiger partial charge >= 0.3 is 0 Å². The third kappa shape index (κ3) is 7.91. The summed E-state index contributed by atoms with van der Waals surface area (Å²) in [6.45, 7) is -0.715. The monoisotopic (exact) mass is 565 g/mol. The Bertz CT molecular complexity index is 1380. The Morgan fingerprint density at radius 3 is 2.12 bits per heavy atom. The predicted octanol–water partition coefficient (Wildman–Crippen LogP) is 4.68. The van der Waals surface area contributed by atoms with Gasteiger partial charge in [-0.05, 0) is 36.6 Å². The molecule has 212 valence electrons. The van der Waals surface area contributed by atoms with E-state index in [9.17, 15) is 22.4 Å². The van der Waals surface area contributed by atoms with Crippen LogP contribution < -0.4 is 9.62 Å². The largest absolute Gasteiger partial charge is 0.352 e. The van der Waals surface area contributed by atoms with E-state index in [1.807, 2.05) is 30.3 Å². The van der Waals surface area contributed by atoms with Crippen LogP contribution in [-0.2, 0) is 32.6 Å². The molecule has 0 radical (unpaired) electrons. The molecule has 0 aliphatic heterocycles. The van der Waals surface area contributed by atoms with E-state index in [0.29, 0.717) is 5.69 Å². The topological polar surface area (TPSA) is 86.8 Å². The third-order valence-corrected chi connectivity index (χ3v) is 8.39. The van der Waals surface area contributed by atoms with Crippen LogP contribution in [0.15, 0.2) is 84.9 Å². The average Bonchev–Trinajstić information content (AvgIpc) is 2.95. The van der Waals surface area contributed by atoms with Crippen LogP contribution in [-0.4, -0.2) is 50.0 Å². The van der Waals surface area contributed by atoms with Crippen molar-refractivity contribution in [3.05, 3.63) is 102 Å². The van der Waals surface area contributed by atoms with Crippen LogP contribution in [0.3, 0.4) is 0 Å². The Balaban J connectivity index is 1.72. The maximum absolute atomic E-state index is 14.8. The Morgan fingerprint density at radius 2 is 1.50 bits per heavy atom. The molecule has 0 spiro atoms. The van der Waals surface area contributed by atoms with Gasteiger partial charge in [0.25, 0.3) is 0 Å². The molecule has 1 atom stereocenters. The number of sulfonamides is 1. The van der Waals surface area contributed by atoms with E-state index >= 15 is 0 Å². The second kappa shape index (κ2) is 13.6. The molecule has 1 unspecified atom stereocenters. The van der Waals surface area contributed by atoms with E-state index < -0.39 is 34.3 Å². The van der Waals surface area contributed by atoms with Crippen molar-refractivity contribution >= 4 is 27.5 Å². The van der Waals surface area contributed by atoms with Crippen LogP contribution in [0.25, 0.3) is 0 Å². The Labute approximate surface area is 236 Å². The molecule has 2 amide bonds. The van der Waals surface area contributed by atoms with Crippen LogP contribution in [0.5, 0.6) is 0 Å². The van der Waals surface area contributed by atoms with E-state index in [-0.39, 0.29) is 30.5 Å². The summed E-state index contributed by atoms with van der Waals surface area (Å²) in [6.07, 6.45) is 6.12. The molecular formula is C31H36FN3O4S. The second-order valence-corrected chi connectivity index (χ2v) is 12.2. The van der Waals surface area contributed by atoms with Crippen molar-refractivity contribution in [3.63, 3.8) is 0 Å². The van der Waals surface area contributed by atoms with Gasteiger partial charge in [-0.3, -0.25) is 13.9 Å². The summed E-state index contributed by atoms with van der Waals surface area (Å²) in [5, 5.41) is 3.13. The molecule has 0 saturated heterocycles. The lowest BCUT2D eigenvalue weighted by Crippen LogP contribution is -2.55. The van der Waals surface area contributed by atoms with Gasteiger partial charge in [0.2, 0.25) is 21.8 Å². The molecule has 0 aromatic heterocycles. The Morgan fingerprint density at radius 1 is 0.900 bits per heavy atom. The number of nitrogens with one attached hydrogen (secondary N) is 1. The summed E-state index contributed by atoms with van der Waals surface area (Å²) in [4.78, 5) is 29.2. The van der Waals surface area contributed by atoms with E-state index in [1.165, 1.54) is 11.0 Å². The number of carbonyl (C=O) groups is 2. The Hall–Kier alpha value is -3.72. The number of benzene rings is 3. The summed E-state index contributed by atoms with van der Waals surface area (Å²) >= 11 is 0. The smallest absolute Gasteiger partial charge is 0.244 e. The summed E-state index contributed by atoms with van der Waals surface area (Å²) in [5.41, 5.74) is 1.40. The molecular weight excluding hydrogens is 529 g/mol. The first-order valence-corrected chi connectivity index (χ1v) is 15.5. The molecule has 0 bridgehead atoms. The maximum Gasteiger partial charge on any atom is 0.244 e. The molecule has 3 aromatic rings. The van der Waals surface area contributed by atoms with Crippen LogP contribution in [0, 0.1) is 5.82 Å². The van der Waals surface area contributed by atoms with Gasteiger partial charge in [-0.15, -0.1) is 0 Å². The third-order valence-electron chi connectivity index (χ3n) is 7.24. The number of rotatable bonds is 11. The van der Waals surface area contributed by atoms with E-state index in [0.717, 1.165) is 48.2 Å². The van der Waals surface area contributed by atoms with Crippen molar-refractivity contribution in [2.75, 3.05) is 17.1 Å². The van der Waals surface area contributed by atoms with Crippen molar-refractivity contribution in [2.24, 2.45) is 0 Å². The van der Waals surface area contributed by atoms with E-state index in [2.05, 4.69) is 5.32 Å². The number of para-hydroxylation sites is 1. The summed E-state index contributed by atoms with van der Waals surface area (Å²) in [5.74, 6) is -1.43. The summed E-state index contributed by atoms with van der Waals surface area (Å²) < 4.78 is 41.4. The van der Waals surface area contributed by atoms with Crippen LogP contribution in [0.1, 0.15) is 43.2 Å². The SMILES string of the molecule is CS(=O)(=O)N(CC(=O)N(Cc1ccccc1F)C(Cc1ccccc1)C(=O)NC1CCCCC1)c1ccccc1. The first kappa shape index (κ1) is 29.3. The summed E-state index contributed by atoms with van der Waals surface area (Å²) in [6, 6.07) is 22.8. The number of halogens is 1. The number of hydrogen-bond donors (Lipinski definition) is 1. The molecule has 9 heteroatoms. The average molecular weight is 566 g/mol. The number of hydrogen-bond acceptors (Lipinski definition) is 4. The van der Waals surface area contributed by atoms with E-state index in [1.54, 1.807) is 48.5 Å². The highest BCUT2D eigenvalue weighted by molar-refractivity contribution is 7.92. The first-order chi connectivity index (χ1) is 19.2. The lowest BCUT2D eigenvalue weighted by Gasteiger charge is -2.35. The van der Waals surface area contributed by atoms with Gasteiger partial charge < -0.3 is 10.2 Å². The maximum atomic E-state index is 14.8. The fraction of sp³-hybridized carbons (Fsp3) is 0.355. The number of amides is 2. The van der Waals surface area contributed by atoms with Gasteiger partial charge in [0.1, 0.15) is 18.4 Å². The van der Waals surface area contributed by atoms with Crippen LogP contribution in [0.4, 0.5) is 10.1 Å². The predicted molar refractivity (Wildman–Crippen MR) is 155 cm³/mol. The van der Waals surface area contributed by atoms with Crippen molar-refractivity contribution in [1.29, 1.82) is 0 Å². The molecule has 40 heavy (non-hydrogen) atoms. The molecule has 3 aromatic carbocycles.